The first-order valence-electron chi connectivity index (χ1n) is 6.50. The minimum atomic E-state index is 0.697. The van der Waals surface area contributed by atoms with Crippen LogP contribution in [0, 0.1) is 6.92 Å². The second-order valence-corrected chi connectivity index (χ2v) is 5.31. The fourth-order valence-corrected chi connectivity index (χ4v) is 2.57. The molecule has 0 amide bonds. The summed E-state index contributed by atoms with van der Waals surface area (Å²) >= 11 is 3.56. The molecule has 0 spiro atoms. The summed E-state index contributed by atoms with van der Waals surface area (Å²) in [5, 5.41) is 3.20. The van der Waals surface area contributed by atoms with E-state index in [2.05, 4.69) is 36.2 Å². The number of rotatable bonds is 5. The van der Waals surface area contributed by atoms with E-state index in [0.717, 1.165) is 34.0 Å². The van der Waals surface area contributed by atoms with E-state index in [-0.39, 0.29) is 0 Å². The van der Waals surface area contributed by atoms with Gasteiger partial charge in [-0.15, -0.1) is 0 Å². The summed E-state index contributed by atoms with van der Waals surface area (Å²) in [6.45, 7) is 5.54. The first-order chi connectivity index (χ1) is 9.61. The highest BCUT2D eigenvalue weighted by atomic mass is 79.9. The summed E-state index contributed by atoms with van der Waals surface area (Å²) < 4.78 is 0.872. The van der Waals surface area contributed by atoms with Crippen LogP contribution in [0.25, 0.3) is 0 Å². The Morgan fingerprint density at radius 2 is 2.10 bits per heavy atom. The van der Waals surface area contributed by atoms with Crippen molar-refractivity contribution in [2.75, 3.05) is 23.8 Å². The number of aryl methyl sites for hydroxylation is 1. The van der Waals surface area contributed by atoms with Crippen LogP contribution in [0.15, 0.2) is 29.0 Å². The van der Waals surface area contributed by atoms with E-state index in [0.29, 0.717) is 6.54 Å². The molecule has 5 nitrogen and oxygen atoms in total. The van der Waals surface area contributed by atoms with Crippen LogP contribution in [0.4, 0.5) is 11.6 Å². The van der Waals surface area contributed by atoms with Crippen molar-refractivity contribution < 1.29 is 0 Å². The summed E-state index contributed by atoms with van der Waals surface area (Å²) in [5.74, 6) is 1.65. The maximum atomic E-state index is 4.51. The van der Waals surface area contributed by atoms with Crippen molar-refractivity contribution in [2.24, 2.45) is 0 Å². The highest BCUT2D eigenvalue weighted by Gasteiger charge is 2.12. The summed E-state index contributed by atoms with van der Waals surface area (Å²) in [6, 6.07) is 6.03. The SMILES string of the molecule is CCNc1ncnc(N(C)Cc2cccc(C)n2)c1Br. The van der Waals surface area contributed by atoms with Crippen LogP contribution in [-0.2, 0) is 6.54 Å². The molecule has 0 saturated heterocycles. The smallest absolute Gasteiger partial charge is 0.148 e. The Balaban J connectivity index is 2.21. The van der Waals surface area contributed by atoms with Gasteiger partial charge in [0.05, 0.1) is 12.2 Å². The Morgan fingerprint density at radius 3 is 2.80 bits per heavy atom. The zero-order valence-corrected chi connectivity index (χ0v) is 13.5. The molecule has 0 aliphatic heterocycles. The largest absolute Gasteiger partial charge is 0.369 e. The highest BCUT2D eigenvalue weighted by Crippen LogP contribution is 2.29. The fourth-order valence-electron chi connectivity index (χ4n) is 1.92. The lowest BCUT2D eigenvalue weighted by atomic mass is 10.3. The minimum absolute atomic E-state index is 0.697. The van der Waals surface area contributed by atoms with Gasteiger partial charge in [0.15, 0.2) is 0 Å². The molecule has 2 aromatic rings. The first-order valence-corrected chi connectivity index (χ1v) is 7.29. The molecule has 0 saturated carbocycles. The highest BCUT2D eigenvalue weighted by molar-refractivity contribution is 9.10. The lowest BCUT2D eigenvalue weighted by Gasteiger charge is -2.20. The number of aromatic nitrogens is 3. The predicted octanol–water partition coefficient (Wildman–Crippen LogP) is 3.01. The van der Waals surface area contributed by atoms with E-state index < -0.39 is 0 Å². The standard InChI is InChI=1S/C14H18BrN5/c1-4-16-13-12(15)14(18-9-17-13)20(3)8-11-7-5-6-10(2)19-11/h5-7,9H,4,8H2,1-3H3,(H,16,17,18). The molecule has 0 fully saturated rings. The maximum absolute atomic E-state index is 4.51. The van der Waals surface area contributed by atoms with Crippen molar-refractivity contribution in [2.45, 2.75) is 20.4 Å². The van der Waals surface area contributed by atoms with Crippen molar-refractivity contribution in [3.63, 3.8) is 0 Å². The van der Waals surface area contributed by atoms with E-state index in [1.807, 2.05) is 44.0 Å². The third kappa shape index (κ3) is 3.45. The normalized spacial score (nSPS) is 10.4. The van der Waals surface area contributed by atoms with E-state index in [1.54, 1.807) is 6.33 Å². The zero-order chi connectivity index (χ0) is 14.5. The van der Waals surface area contributed by atoms with Gasteiger partial charge in [-0.05, 0) is 41.9 Å². The Hall–Kier alpha value is -1.69. The van der Waals surface area contributed by atoms with Gasteiger partial charge < -0.3 is 10.2 Å². The molecular formula is C14H18BrN5. The maximum Gasteiger partial charge on any atom is 0.148 e. The van der Waals surface area contributed by atoms with Crippen molar-refractivity contribution in [3.8, 4) is 0 Å². The number of nitrogens with zero attached hydrogens (tertiary/aromatic N) is 4. The zero-order valence-electron chi connectivity index (χ0n) is 11.9. The van der Waals surface area contributed by atoms with Gasteiger partial charge in [0.1, 0.15) is 22.4 Å². The topological polar surface area (TPSA) is 53.9 Å². The van der Waals surface area contributed by atoms with Gasteiger partial charge in [-0.25, -0.2) is 9.97 Å². The lowest BCUT2D eigenvalue weighted by Crippen LogP contribution is -2.20. The van der Waals surface area contributed by atoms with E-state index in [9.17, 15) is 0 Å². The molecule has 6 heteroatoms. The minimum Gasteiger partial charge on any atom is -0.369 e. The molecule has 0 atom stereocenters. The molecule has 2 heterocycles. The third-order valence-electron chi connectivity index (χ3n) is 2.82. The van der Waals surface area contributed by atoms with Gasteiger partial charge in [-0.3, -0.25) is 4.98 Å². The fraction of sp³-hybridized carbons (Fsp3) is 0.357. The average molecular weight is 336 g/mol. The van der Waals surface area contributed by atoms with Crippen molar-refractivity contribution in [1.29, 1.82) is 0 Å². The third-order valence-corrected chi connectivity index (χ3v) is 3.55. The van der Waals surface area contributed by atoms with Crippen LogP contribution in [-0.4, -0.2) is 28.5 Å². The molecular weight excluding hydrogens is 318 g/mol. The lowest BCUT2D eigenvalue weighted by molar-refractivity contribution is 0.851. The van der Waals surface area contributed by atoms with Crippen molar-refractivity contribution in [3.05, 3.63) is 40.4 Å². The Morgan fingerprint density at radius 1 is 1.30 bits per heavy atom. The van der Waals surface area contributed by atoms with Crippen LogP contribution in [0.2, 0.25) is 0 Å². The molecule has 1 N–H and O–H groups in total. The number of hydrogen-bond acceptors (Lipinski definition) is 5. The van der Waals surface area contributed by atoms with E-state index >= 15 is 0 Å². The molecule has 106 valence electrons. The first kappa shape index (κ1) is 14.7. The molecule has 0 aromatic carbocycles. The number of anilines is 2. The number of nitrogens with one attached hydrogen (secondary N) is 1. The molecule has 0 bridgehead atoms. The van der Waals surface area contributed by atoms with Gasteiger partial charge in [0.2, 0.25) is 0 Å². The van der Waals surface area contributed by atoms with Crippen LogP contribution >= 0.6 is 15.9 Å². The van der Waals surface area contributed by atoms with Crippen LogP contribution in [0.5, 0.6) is 0 Å². The Labute approximate surface area is 127 Å². The predicted molar refractivity (Wildman–Crippen MR) is 85.0 cm³/mol. The molecule has 0 radical (unpaired) electrons. The second-order valence-electron chi connectivity index (χ2n) is 4.52. The molecule has 0 aliphatic rings. The second kappa shape index (κ2) is 6.65. The van der Waals surface area contributed by atoms with Crippen LogP contribution in [0.3, 0.4) is 0 Å². The summed E-state index contributed by atoms with van der Waals surface area (Å²) in [7, 11) is 1.99. The molecule has 0 unspecified atom stereocenters. The summed E-state index contributed by atoms with van der Waals surface area (Å²) in [5.41, 5.74) is 2.04. The summed E-state index contributed by atoms with van der Waals surface area (Å²) in [6.07, 6.45) is 1.57. The van der Waals surface area contributed by atoms with Crippen LogP contribution < -0.4 is 10.2 Å². The van der Waals surface area contributed by atoms with Crippen LogP contribution in [0.1, 0.15) is 18.3 Å². The van der Waals surface area contributed by atoms with Gasteiger partial charge in [0, 0.05) is 19.3 Å². The molecule has 0 aliphatic carbocycles. The molecule has 2 rings (SSSR count). The molecule has 20 heavy (non-hydrogen) atoms. The average Bonchev–Trinajstić information content (AvgIpc) is 2.41. The number of halogens is 1. The van der Waals surface area contributed by atoms with E-state index in [4.69, 9.17) is 0 Å². The van der Waals surface area contributed by atoms with Gasteiger partial charge >= 0.3 is 0 Å². The number of pyridine rings is 1. The van der Waals surface area contributed by atoms with Crippen molar-refractivity contribution >= 4 is 27.6 Å². The Kier molecular flexibility index (Phi) is 4.89. The van der Waals surface area contributed by atoms with Gasteiger partial charge in [0.25, 0.3) is 0 Å². The quantitative estimate of drug-likeness (QED) is 0.910. The van der Waals surface area contributed by atoms with Gasteiger partial charge in [-0.1, -0.05) is 6.07 Å². The van der Waals surface area contributed by atoms with Gasteiger partial charge in [-0.2, -0.15) is 0 Å². The monoisotopic (exact) mass is 335 g/mol. The van der Waals surface area contributed by atoms with Crippen molar-refractivity contribution in [1.82, 2.24) is 15.0 Å². The number of hydrogen-bond donors (Lipinski definition) is 1. The molecule has 2 aromatic heterocycles. The Bertz CT molecular complexity index is 588. The van der Waals surface area contributed by atoms with E-state index in [1.165, 1.54) is 0 Å². The summed E-state index contributed by atoms with van der Waals surface area (Å²) in [4.78, 5) is 15.1.